The molecule has 0 unspecified atom stereocenters. The fourth-order valence-electron chi connectivity index (χ4n) is 3.53. The zero-order valence-corrected chi connectivity index (χ0v) is 16.1. The number of aliphatic imine (C=N–C) groups is 1. The maximum Gasteiger partial charge on any atom is 0.188 e. The Morgan fingerprint density at radius 3 is 2.44 bits per heavy atom. The van der Waals surface area contributed by atoms with Crippen molar-refractivity contribution in [1.29, 1.82) is 0 Å². The maximum atomic E-state index is 6.12. The SMILES string of the molecule is COc1ccc([C@H](CNC(N)=NCc2ccccc2)N2CCCCC2)cc1. The zero-order valence-electron chi connectivity index (χ0n) is 16.1. The molecular weight excluding hydrogens is 336 g/mol. The van der Waals surface area contributed by atoms with Gasteiger partial charge in [0.05, 0.1) is 19.7 Å². The number of methoxy groups -OCH3 is 1. The van der Waals surface area contributed by atoms with E-state index in [0.29, 0.717) is 12.5 Å². The Labute approximate surface area is 162 Å². The van der Waals surface area contributed by atoms with Gasteiger partial charge in [0.15, 0.2) is 5.96 Å². The van der Waals surface area contributed by atoms with Gasteiger partial charge in [0.1, 0.15) is 5.75 Å². The minimum absolute atomic E-state index is 0.279. The minimum atomic E-state index is 0.279. The third kappa shape index (κ3) is 5.73. The molecule has 5 heteroatoms. The molecule has 0 saturated carbocycles. The second-order valence-corrected chi connectivity index (χ2v) is 6.95. The molecule has 144 valence electrons. The number of likely N-dealkylation sites (tertiary alicyclic amines) is 1. The van der Waals surface area contributed by atoms with Gasteiger partial charge in [-0.2, -0.15) is 0 Å². The fourth-order valence-corrected chi connectivity index (χ4v) is 3.53. The van der Waals surface area contributed by atoms with Crippen molar-refractivity contribution >= 4 is 5.96 Å². The monoisotopic (exact) mass is 366 g/mol. The quantitative estimate of drug-likeness (QED) is 0.583. The summed E-state index contributed by atoms with van der Waals surface area (Å²) >= 11 is 0. The number of rotatable bonds is 7. The van der Waals surface area contributed by atoms with Crippen LogP contribution in [0.2, 0.25) is 0 Å². The lowest BCUT2D eigenvalue weighted by Gasteiger charge is -2.35. The van der Waals surface area contributed by atoms with E-state index in [2.05, 4.69) is 39.5 Å². The van der Waals surface area contributed by atoms with Crippen molar-refractivity contribution in [3.8, 4) is 5.75 Å². The summed E-state index contributed by atoms with van der Waals surface area (Å²) in [6.07, 6.45) is 3.83. The lowest BCUT2D eigenvalue weighted by molar-refractivity contribution is 0.164. The maximum absolute atomic E-state index is 6.12. The molecule has 1 heterocycles. The summed E-state index contributed by atoms with van der Waals surface area (Å²) in [5.41, 5.74) is 8.56. The van der Waals surface area contributed by atoms with Crippen molar-refractivity contribution in [1.82, 2.24) is 10.2 Å². The number of nitrogens with one attached hydrogen (secondary N) is 1. The number of ether oxygens (including phenoxy) is 1. The van der Waals surface area contributed by atoms with E-state index < -0.39 is 0 Å². The Bertz CT molecular complexity index is 709. The third-order valence-electron chi connectivity index (χ3n) is 5.08. The fraction of sp³-hybridized carbons (Fsp3) is 0.409. The summed E-state index contributed by atoms with van der Waals surface area (Å²) < 4.78 is 5.30. The van der Waals surface area contributed by atoms with E-state index in [4.69, 9.17) is 10.5 Å². The van der Waals surface area contributed by atoms with Crippen molar-refractivity contribution in [2.24, 2.45) is 10.7 Å². The van der Waals surface area contributed by atoms with Crippen LogP contribution < -0.4 is 15.8 Å². The molecule has 0 amide bonds. The lowest BCUT2D eigenvalue weighted by Crippen LogP contribution is -2.42. The van der Waals surface area contributed by atoms with E-state index in [-0.39, 0.29) is 6.04 Å². The van der Waals surface area contributed by atoms with Crippen LogP contribution in [-0.2, 0) is 6.54 Å². The van der Waals surface area contributed by atoms with Crippen LogP contribution in [0.4, 0.5) is 0 Å². The summed E-state index contributed by atoms with van der Waals surface area (Å²) in [5.74, 6) is 1.38. The van der Waals surface area contributed by atoms with Crippen LogP contribution in [0, 0.1) is 0 Å². The average Bonchev–Trinajstić information content (AvgIpc) is 2.74. The summed E-state index contributed by atoms with van der Waals surface area (Å²) in [5, 5.41) is 3.33. The molecule has 0 aromatic heterocycles. The number of benzene rings is 2. The van der Waals surface area contributed by atoms with E-state index in [1.54, 1.807) is 7.11 Å². The molecule has 1 saturated heterocycles. The Morgan fingerprint density at radius 1 is 1.07 bits per heavy atom. The van der Waals surface area contributed by atoms with Crippen molar-refractivity contribution in [2.75, 3.05) is 26.7 Å². The first-order chi connectivity index (χ1) is 13.3. The molecule has 0 bridgehead atoms. The minimum Gasteiger partial charge on any atom is -0.497 e. The van der Waals surface area contributed by atoms with Gasteiger partial charge in [-0.25, -0.2) is 4.99 Å². The summed E-state index contributed by atoms with van der Waals surface area (Å²) in [6.45, 7) is 3.59. The molecule has 1 aliphatic heterocycles. The molecule has 3 N–H and O–H groups in total. The van der Waals surface area contributed by atoms with Gasteiger partial charge in [0.2, 0.25) is 0 Å². The number of nitrogens with two attached hydrogens (primary N) is 1. The molecule has 0 spiro atoms. The predicted molar refractivity (Wildman–Crippen MR) is 111 cm³/mol. The van der Waals surface area contributed by atoms with Crippen molar-refractivity contribution < 1.29 is 4.74 Å². The van der Waals surface area contributed by atoms with Crippen LogP contribution in [0.15, 0.2) is 59.6 Å². The van der Waals surface area contributed by atoms with Crippen LogP contribution >= 0.6 is 0 Å². The molecule has 1 fully saturated rings. The van der Waals surface area contributed by atoms with Crippen molar-refractivity contribution in [3.05, 3.63) is 65.7 Å². The highest BCUT2D eigenvalue weighted by Gasteiger charge is 2.22. The normalized spacial score (nSPS) is 16.7. The van der Waals surface area contributed by atoms with Crippen LogP contribution in [-0.4, -0.2) is 37.6 Å². The zero-order chi connectivity index (χ0) is 18.9. The van der Waals surface area contributed by atoms with E-state index in [9.17, 15) is 0 Å². The number of nitrogens with zero attached hydrogens (tertiary/aromatic N) is 2. The van der Waals surface area contributed by atoms with E-state index in [1.165, 1.54) is 24.8 Å². The Hall–Kier alpha value is -2.53. The van der Waals surface area contributed by atoms with Gasteiger partial charge in [0, 0.05) is 6.54 Å². The highest BCUT2D eigenvalue weighted by Crippen LogP contribution is 2.25. The van der Waals surface area contributed by atoms with Crippen LogP contribution in [0.1, 0.15) is 36.4 Å². The van der Waals surface area contributed by atoms with Gasteiger partial charge < -0.3 is 15.8 Å². The van der Waals surface area contributed by atoms with Gasteiger partial charge >= 0.3 is 0 Å². The molecule has 3 rings (SSSR count). The van der Waals surface area contributed by atoms with Crippen LogP contribution in [0.3, 0.4) is 0 Å². The van der Waals surface area contributed by atoms with Gasteiger partial charge in [-0.1, -0.05) is 48.9 Å². The molecule has 1 atom stereocenters. The van der Waals surface area contributed by atoms with E-state index in [0.717, 1.165) is 30.9 Å². The van der Waals surface area contributed by atoms with Gasteiger partial charge in [-0.05, 0) is 49.2 Å². The first kappa shape index (κ1) is 19.2. The first-order valence-electron chi connectivity index (χ1n) is 9.72. The van der Waals surface area contributed by atoms with Crippen LogP contribution in [0.5, 0.6) is 5.75 Å². The highest BCUT2D eigenvalue weighted by atomic mass is 16.5. The number of piperidine rings is 1. The molecule has 1 aliphatic rings. The number of hydrogen-bond acceptors (Lipinski definition) is 3. The van der Waals surface area contributed by atoms with Crippen LogP contribution in [0.25, 0.3) is 0 Å². The summed E-state index contributed by atoms with van der Waals surface area (Å²) in [7, 11) is 1.70. The number of guanidine groups is 1. The molecule has 2 aromatic rings. The second-order valence-electron chi connectivity index (χ2n) is 6.95. The molecule has 2 aromatic carbocycles. The van der Waals surface area contributed by atoms with E-state index >= 15 is 0 Å². The van der Waals surface area contributed by atoms with Crippen molar-refractivity contribution in [2.45, 2.75) is 31.8 Å². The smallest absolute Gasteiger partial charge is 0.188 e. The summed E-state index contributed by atoms with van der Waals surface area (Å²) in [4.78, 5) is 7.02. The summed E-state index contributed by atoms with van der Waals surface area (Å²) in [6, 6.07) is 18.8. The van der Waals surface area contributed by atoms with E-state index in [1.807, 2.05) is 30.3 Å². The molecule has 0 radical (unpaired) electrons. The molecular formula is C22H30N4O. The largest absolute Gasteiger partial charge is 0.497 e. The predicted octanol–water partition coefficient (Wildman–Crippen LogP) is 3.33. The standard InChI is InChI=1S/C22H30N4O/c1-27-20-12-10-19(11-13-20)21(26-14-6-3-7-15-26)17-25-22(23)24-16-18-8-4-2-5-9-18/h2,4-5,8-13,21H,3,6-7,14-17H2,1H3,(H3,23,24,25)/t21-/m0/s1. The Kier molecular flexibility index (Phi) is 7.11. The second kappa shape index (κ2) is 9.97. The number of hydrogen-bond donors (Lipinski definition) is 2. The third-order valence-corrected chi connectivity index (χ3v) is 5.08. The first-order valence-corrected chi connectivity index (χ1v) is 9.72. The highest BCUT2D eigenvalue weighted by molar-refractivity contribution is 5.77. The van der Waals surface area contributed by atoms with Gasteiger partial charge in [0.25, 0.3) is 0 Å². The molecule has 5 nitrogen and oxygen atoms in total. The molecule has 27 heavy (non-hydrogen) atoms. The Balaban J connectivity index is 1.65. The van der Waals surface area contributed by atoms with Crippen molar-refractivity contribution in [3.63, 3.8) is 0 Å². The van der Waals surface area contributed by atoms with Gasteiger partial charge in [-0.15, -0.1) is 0 Å². The topological polar surface area (TPSA) is 62.9 Å². The van der Waals surface area contributed by atoms with Gasteiger partial charge in [-0.3, -0.25) is 4.90 Å². The average molecular weight is 367 g/mol. The molecule has 0 aliphatic carbocycles. The lowest BCUT2D eigenvalue weighted by atomic mass is 10.0. The Morgan fingerprint density at radius 2 is 1.78 bits per heavy atom.